The van der Waals surface area contributed by atoms with E-state index in [0.717, 1.165) is 11.3 Å². The fourth-order valence-electron chi connectivity index (χ4n) is 1.90. The van der Waals surface area contributed by atoms with Gasteiger partial charge in [0.05, 0.1) is 12.6 Å². The Labute approximate surface area is 124 Å². The molecule has 1 aromatic carbocycles. The fraction of sp³-hybridized carbons (Fsp3) is 0.467. The van der Waals surface area contributed by atoms with Gasteiger partial charge in [0.15, 0.2) is 0 Å². The quantitative estimate of drug-likeness (QED) is 0.534. The molecule has 0 bridgehead atoms. The average Bonchev–Trinajstić information content (AvgIpc) is 2.46. The van der Waals surface area contributed by atoms with Gasteiger partial charge in [0, 0.05) is 25.6 Å². The Balaban J connectivity index is 2.41. The minimum atomic E-state index is -0.104. The summed E-state index contributed by atoms with van der Waals surface area (Å²) in [5.74, 6) is -0.172. The minimum absolute atomic E-state index is 0.0192. The van der Waals surface area contributed by atoms with Gasteiger partial charge in [-0.25, -0.2) is 0 Å². The fourth-order valence-corrected chi connectivity index (χ4v) is 1.90. The van der Waals surface area contributed by atoms with Gasteiger partial charge in [0.1, 0.15) is 0 Å². The lowest BCUT2D eigenvalue weighted by atomic mass is 10.1. The van der Waals surface area contributed by atoms with Crippen LogP contribution in [0.25, 0.3) is 0 Å². The zero-order valence-electron chi connectivity index (χ0n) is 12.5. The van der Waals surface area contributed by atoms with E-state index < -0.39 is 0 Å². The Bertz CT molecular complexity index is 456. The molecule has 0 aliphatic rings. The van der Waals surface area contributed by atoms with Gasteiger partial charge in [-0.1, -0.05) is 12.1 Å². The molecule has 0 spiro atoms. The van der Waals surface area contributed by atoms with Crippen molar-refractivity contribution in [3.8, 4) is 0 Å². The van der Waals surface area contributed by atoms with Crippen molar-refractivity contribution in [2.24, 2.45) is 0 Å². The molecule has 6 heteroatoms. The van der Waals surface area contributed by atoms with Crippen LogP contribution < -0.4 is 16.0 Å². The predicted octanol–water partition coefficient (Wildman–Crippen LogP) is 0.794. The van der Waals surface area contributed by atoms with Crippen molar-refractivity contribution in [2.45, 2.75) is 25.8 Å². The Kier molecular flexibility index (Phi) is 7.42. The number of nitrogens with one attached hydrogen (secondary N) is 3. The number of carbonyl (C=O) groups is 2. The maximum atomic E-state index is 11.7. The molecule has 0 aromatic heterocycles. The van der Waals surface area contributed by atoms with Gasteiger partial charge in [-0.15, -0.1) is 0 Å². The number of hydrogen-bond acceptors (Lipinski definition) is 4. The highest BCUT2D eigenvalue weighted by Crippen LogP contribution is 2.16. The molecule has 1 atom stereocenters. The first kappa shape index (κ1) is 17.1. The zero-order valence-corrected chi connectivity index (χ0v) is 12.5. The predicted molar refractivity (Wildman–Crippen MR) is 81.9 cm³/mol. The molecule has 1 unspecified atom stereocenters. The van der Waals surface area contributed by atoms with Crippen LogP contribution in [0.15, 0.2) is 24.3 Å². The van der Waals surface area contributed by atoms with Gasteiger partial charge >= 0.3 is 0 Å². The molecule has 0 fully saturated rings. The van der Waals surface area contributed by atoms with Crippen molar-refractivity contribution in [2.75, 3.05) is 25.5 Å². The number of carbonyl (C=O) groups excluding carboxylic acids is 2. The number of rotatable bonds is 8. The van der Waals surface area contributed by atoms with Crippen molar-refractivity contribution < 1.29 is 14.7 Å². The summed E-state index contributed by atoms with van der Waals surface area (Å²) in [6, 6.07) is 7.24. The summed E-state index contributed by atoms with van der Waals surface area (Å²) in [6.07, 6.45) is 0.966. The molecular weight excluding hydrogens is 270 g/mol. The first-order chi connectivity index (χ1) is 10.1. The first-order valence-corrected chi connectivity index (χ1v) is 6.99. The summed E-state index contributed by atoms with van der Waals surface area (Å²) in [5, 5.41) is 17.6. The minimum Gasteiger partial charge on any atom is -0.394 e. The molecule has 0 aliphatic carbocycles. The summed E-state index contributed by atoms with van der Waals surface area (Å²) in [7, 11) is 1.78. The molecule has 0 radical (unpaired) electrons. The lowest BCUT2D eigenvalue weighted by molar-refractivity contribution is -0.119. The van der Waals surface area contributed by atoms with E-state index in [1.807, 2.05) is 12.1 Å². The summed E-state index contributed by atoms with van der Waals surface area (Å²) >= 11 is 0. The van der Waals surface area contributed by atoms with Crippen molar-refractivity contribution in [3.05, 3.63) is 29.8 Å². The van der Waals surface area contributed by atoms with E-state index in [4.69, 9.17) is 0 Å². The number of anilines is 1. The number of aliphatic hydroxyl groups excluding tert-OH is 1. The van der Waals surface area contributed by atoms with E-state index in [0.29, 0.717) is 19.4 Å². The Morgan fingerprint density at radius 3 is 2.43 bits per heavy atom. The topological polar surface area (TPSA) is 90.5 Å². The molecule has 4 N–H and O–H groups in total. The molecule has 0 aliphatic heterocycles. The van der Waals surface area contributed by atoms with Crippen LogP contribution in [0.2, 0.25) is 0 Å². The Hall–Kier alpha value is -1.92. The average molecular weight is 293 g/mol. The Morgan fingerprint density at radius 2 is 1.90 bits per heavy atom. The molecule has 0 heterocycles. The van der Waals surface area contributed by atoms with Crippen LogP contribution in [0.1, 0.15) is 31.4 Å². The van der Waals surface area contributed by atoms with Crippen LogP contribution in [0.4, 0.5) is 5.69 Å². The van der Waals surface area contributed by atoms with Crippen molar-refractivity contribution >= 4 is 17.5 Å². The van der Waals surface area contributed by atoms with E-state index in [1.54, 1.807) is 19.2 Å². The highest BCUT2D eigenvalue weighted by Gasteiger charge is 2.08. The summed E-state index contributed by atoms with van der Waals surface area (Å²) < 4.78 is 0. The largest absolute Gasteiger partial charge is 0.394 e. The normalized spacial score (nSPS) is 11.8. The van der Waals surface area contributed by atoms with Crippen LogP contribution in [0.5, 0.6) is 0 Å². The maximum Gasteiger partial charge on any atom is 0.224 e. The van der Waals surface area contributed by atoms with Crippen LogP contribution in [0, 0.1) is 0 Å². The molecular formula is C15H23N3O3. The summed E-state index contributed by atoms with van der Waals surface area (Å²) in [5.41, 5.74) is 1.68. The second kappa shape index (κ2) is 9.10. The van der Waals surface area contributed by atoms with Crippen molar-refractivity contribution in [1.82, 2.24) is 10.6 Å². The number of hydrogen-bond donors (Lipinski definition) is 4. The van der Waals surface area contributed by atoms with Crippen LogP contribution in [-0.4, -0.2) is 37.1 Å². The van der Waals surface area contributed by atoms with E-state index in [2.05, 4.69) is 16.0 Å². The molecule has 1 aromatic rings. The van der Waals surface area contributed by atoms with E-state index in [9.17, 15) is 14.7 Å². The molecule has 21 heavy (non-hydrogen) atoms. The van der Waals surface area contributed by atoms with Gasteiger partial charge in [-0.05, 0) is 31.2 Å². The third kappa shape index (κ3) is 6.37. The van der Waals surface area contributed by atoms with E-state index in [1.165, 1.54) is 6.92 Å². The molecule has 0 saturated heterocycles. The molecule has 116 valence electrons. The first-order valence-electron chi connectivity index (χ1n) is 6.99. The van der Waals surface area contributed by atoms with Gasteiger partial charge in [0.25, 0.3) is 0 Å². The van der Waals surface area contributed by atoms with Crippen LogP contribution >= 0.6 is 0 Å². The summed E-state index contributed by atoms with van der Waals surface area (Å²) in [6.45, 7) is 1.97. The molecule has 2 amide bonds. The number of aliphatic hydroxyl groups is 1. The van der Waals surface area contributed by atoms with E-state index in [-0.39, 0.29) is 24.5 Å². The highest BCUT2D eigenvalue weighted by atomic mass is 16.3. The van der Waals surface area contributed by atoms with Crippen molar-refractivity contribution in [3.63, 3.8) is 0 Å². The third-order valence-corrected chi connectivity index (χ3v) is 3.08. The summed E-state index contributed by atoms with van der Waals surface area (Å²) in [4.78, 5) is 22.4. The zero-order chi connectivity index (χ0) is 15.7. The van der Waals surface area contributed by atoms with Gasteiger partial charge in [-0.3, -0.25) is 9.59 Å². The third-order valence-electron chi connectivity index (χ3n) is 3.08. The lowest BCUT2D eigenvalue weighted by Crippen LogP contribution is -2.22. The standard InChI is InChI=1S/C15H23N3O3/c1-11(20)17-9-3-4-15(21)18-13-7-5-12(6-8-13)14(10-19)16-2/h5-8,14,16,19H,3-4,9-10H2,1-2H3,(H,17,20)(H,18,21). The number of likely N-dealkylation sites (N-methyl/N-ethyl adjacent to an activating group) is 1. The lowest BCUT2D eigenvalue weighted by Gasteiger charge is -2.14. The molecule has 0 saturated carbocycles. The van der Waals surface area contributed by atoms with E-state index >= 15 is 0 Å². The maximum absolute atomic E-state index is 11.7. The van der Waals surface area contributed by atoms with Crippen LogP contribution in [0.3, 0.4) is 0 Å². The van der Waals surface area contributed by atoms with Gasteiger partial charge in [0.2, 0.25) is 11.8 Å². The smallest absolute Gasteiger partial charge is 0.224 e. The number of amides is 2. The molecule has 6 nitrogen and oxygen atoms in total. The van der Waals surface area contributed by atoms with Crippen LogP contribution in [-0.2, 0) is 9.59 Å². The Morgan fingerprint density at radius 1 is 1.24 bits per heavy atom. The van der Waals surface area contributed by atoms with Crippen molar-refractivity contribution in [1.29, 1.82) is 0 Å². The second-order valence-corrected chi connectivity index (χ2v) is 4.78. The number of benzene rings is 1. The van der Waals surface area contributed by atoms with Gasteiger partial charge in [-0.2, -0.15) is 0 Å². The highest BCUT2D eigenvalue weighted by molar-refractivity contribution is 5.90. The van der Waals surface area contributed by atoms with Gasteiger partial charge < -0.3 is 21.1 Å². The monoisotopic (exact) mass is 293 g/mol. The molecule has 1 rings (SSSR count). The second-order valence-electron chi connectivity index (χ2n) is 4.78. The SMILES string of the molecule is CNC(CO)c1ccc(NC(=O)CCCNC(C)=O)cc1.